The van der Waals surface area contributed by atoms with Gasteiger partial charge in [0.05, 0.1) is 13.0 Å². The van der Waals surface area contributed by atoms with Crippen LogP contribution in [0.25, 0.3) is 10.9 Å². The summed E-state index contributed by atoms with van der Waals surface area (Å²) in [5, 5.41) is 13.6. The summed E-state index contributed by atoms with van der Waals surface area (Å²) in [6, 6.07) is 9.73. The van der Waals surface area contributed by atoms with Gasteiger partial charge >= 0.3 is 0 Å². The van der Waals surface area contributed by atoms with Gasteiger partial charge in [0.25, 0.3) is 0 Å². The smallest absolute Gasteiger partial charge is 0.224 e. The predicted molar refractivity (Wildman–Crippen MR) is 109 cm³/mol. The SMILES string of the molecule is CCCOc1ccc2[nH]cc(CC(=O)NCC(CO)Cc3ccncc3)c2c1. The predicted octanol–water partition coefficient (Wildman–Crippen LogP) is 2.86. The number of aromatic amines is 1. The lowest BCUT2D eigenvalue weighted by molar-refractivity contribution is -0.120. The monoisotopic (exact) mass is 381 g/mol. The average Bonchev–Trinajstić information content (AvgIpc) is 3.12. The number of nitrogens with zero attached hydrogens (tertiary/aromatic N) is 1. The van der Waals surface area contributed by atoms with Crippen molar-refractivity contribution in [2.45, 2.75) is 26.2 Å². The maximum absolute atomic E-state index is 12.4. The number of hydrogen-bond acceptors (Lipinski definition) is 4. The van der Waals surface area contributed by atoms with Crippen LogP contribution in [0.5, 0.6) is 5.75 Å². The molecule has 0 saturated carbocycles. The van der Waals surface area contributed by atoms with Gasteiger partial charge in [0.1, 0.15) is 5.75 Å². The lowest BCUT2D eigenvalue weighted by atomic mass is 10.0. The molecule has 1 atom stereocenters. The molecule has 0 fully saturated rings. The van der Waals surface area contributed by atoms with Crippen LogP contribution in [0.2, 0.25) is 0 Å². The first kappa shape index (κ1) is 19.9. The van der Waals surface area contributed by atoms with Gasteiger partial charge in [-0.05, 0) is 54.3 Å². The highest BCUT2D eigenvalue weighted by Crippen LogP contribution is 2.24. The summed E-state index contributed by atoms with van der Waals surface area (Å²) in [5.74, 6) is 0.727. The van der Waals surface area contributed by atoms with Gasteiger partial charge in [-0.15, -0.1) is 0 Å². The zero-order valence-corrected chi connectivity index (χ0v) is 16.1. The quantitative estimate of drug-likeness (QED) is 0.504. The minimum absolute atomic E-state index is 0.0216. The number of carbonyl (C=O) groups excluding carboxylic acids is 1. The highest BCUT2D eigenvalue weighted by molar-refractivity contribution is 5.89. The second kappa shape index (κ2) is 9.90. The third-order valence-electron chi connectivity index (χ3n) is 4.68. The fraction of sp³-hybridized carbons (Fsp3) is 0.364. The van der Waals surface area contributed by atoms with E-state index in [1.807, 2.05) is 36.5 Å². The van der Waals surface area contributed by atoms with Gasteiger partial charge in [-0.3, -0.25) is 9.78 Å². The Labute approximate surface area is 165 Å². The van der Waals surface area contributed by atoms with Crippen molar-refractivity contribution in [1.29, 1.82) is 0 Å². The van der Waals surface area contributed by atoms with Crippen molar-refractivity contribution in [3.8, 4) is 5.75 Å². The number of H-pyrrole nitrogens is 1. The van der Waals surface area contributed by atoms with Gasteiger partial charge in [-0.25, -0.2) is 0 Å². The number of rotatable bonds is 10. The Morgan fingerprint density at radius 1 is 1.29 bits per heavy atom. The molecule has 6 nitrogen and oxygen atoms in total. The fourth-order valence-electron chi connectivity index (χ4n) is 3.16. The Hall–Kier alpha value is -2.86. The molecule has 0 spiro atoms. The average molecular weight is 381 g/mol. The van der Waals surface area contributed by atoms with Crippen LogP contribution in [0.1, 0.15) is 24.5 Å². The lowest BCUT2D eigenvalue weighted by Crippen LogP contribution is -2.32. The molecule has 3 rings (SSSR count). The molecule has 0 aliphatic carbocycles. The van der Waals surface area contributed by atoms with E-state index in [0.717, 1.165) is 34.2 Å². The third kappa shape index (κ3) is 5.33. The van der Waals surface area contributed by atoms with Crippen molar-refractivity contribution in [1.82, 2.24) is 15.3 Å². The molecule has 148 valence electrons. The molecule has 1 unspecified atom stereocenters. The van der Waals surface area contributed by atoms with E-state index in [4.69, 9.17) is 4.74 Å². The number of hydrogen-bond donors (Lipinski definition) is 3. The summed E-state index contributed by atoms with van der Waals surface area (Å²) in [6.07, 6.45) is 7.27. The first-order valence-electron chi connectivity index (χ1n) is 9.69. The number of aliphatic hydroxyl groups excluding tert-OH is 1. The lowest BCUT2D eigenvalue weighted by Gasteiger charge is -2.15. The Morgan fingerprint density at radius 2 is 2.11 bits per heavy atom. The van der Waals surface area contributed by atoms with Crippen LogP contribution in [-0.2, 0) is 17.6 Å². The fourth-order valence-corrected chi connectivity index (χ4v) is 3.16. The van der Waals surface area contributed by atoms with Crippen LogP contribution in [0.4, 0.5) is 0 Å². The van der Waals surface area contributed by atoms with E-state index < -0.39 is 0 Å². The summed E-state index contributed by atoms with van der Waals surface area (Å²) in [6.45, 7) is 3.20. The number of amides is 1. The molecule has 0 saturated heterocycles. The van der Waals surface area contributed by atoms with Crippen molar-refractivity contribution in [2.75, 3.05) is 19.8 Å². The van der Waals surface area contributed by atoms with Crippen molar-refractivity contribution in [3.63, 3.8) is 0 Å². The molecule has 0 bridgehead atoms. The zero-order chi connectivity index (χ0) is 19.8. The normalized spacial score (nSPS) is 12.1. The first-order chi connectivity index (χ1) is 13.7. The number of nitrogens with one attached hydrogen (secondary N) is 2. The van der Waals surface area contributed by atoms with Crippen molar-refractivity contribution in [3.05, 3.63) is 60.0 Å². The molecule has 3 N–H and O–H groups in total. The van der Waals surface area contributed by atoms with E-state index in [2.05, 4.69) is 22.2 Å². The Kier molecular flexibility index (Phi) is 7.03. The largest absolute Gasteiger partial charge is 0.494 e. The summed E-state index contributed by atoms with van der Waals surface area (Å²) in [7, 11) is 0. The van der Waals surface area contributed by atoms with Gasteiger partial charge in [-0.1, -0.05) is 6.92 Å². The molecule has 2 heterocycles. The van der Waals surface area contributed by atoms with E-state index in [0.29, 0.717) is 19.6 Å². The standard InChI is InChI=1S/C22H27N3O3/c1-2-9-28-19-3-4-21-20(12-19)18(14-24-21)11-22(27)25-13-17(15-26)10-16-5-7-23-8-6-16/h3-8,12,14,17,24,26H,2,9-11,13,15H2,1H3,(H,25,27). The Balaban J connectivity index is 1.58. The third-order valence-corrected chi connectivity index (χ3v) is 4.68. The van der Waals surface area contributed by atoms with E-state index >= 15 is 0 Å². The van der Waals surface area contributed by atoms with E-state index in [-0.39, 0.29) is 24.9 Å². The summed E-state index contributed by atoms with van der Waals surface area (Å²) in [4.78, 5) is 19.6. The number of aliphatic hydroxyl groups is 1. The summed E-state index contributed by atoms with van der Waals surface area (Å²) < 4.78 is 5.70. The highest BCUT2D eigenvalue weighted by Gasteiger charge is 2.13. The van der Waals surface area contributed by atoms with Crippen LogP contribution >= 0.6 is 0 Å². The van der Waals surface area contributed by atoms with Crippen molar-refractivity contribution >= 4 is 16.8 Å². The van der Waals surface area contributed by atoms with Gasteiger partial charge in [0, 0.05) is 48.6 Å². The molecule has 0 aliphatic heterocycles. The molecular weight excluding hydrogens is 354 g/mol. The van der Waals surface area contributed by atoms with Crippen molar-refractivity contribution < 1.29 is 14.6 Å². The topological polar surface area (TPSA) is 87.2 Å². The maximum atomic E-state index is 12.4. The van der Waals surface area contributed by atoms with Gasteiger partial charge in [0.15, 0.2) is 0 Å². The number of aromatic nitrogens is 2. The van der Waals surface area contributed by atoms with E-state index in [1.165, 1.54) is 0 Å². The second-order valence-electron chi connectivity index (χ2n) is 6.96. The highest BCUT2D eigenvalue weighted by atomic mass is 16.5. The minimum atomic E-state index is -0.0612. The van der Waals surface area contributed by atoms with Crippen molar-refractivity contribution in [2.24, 2.45) is 5.92 Å². The molecule has 1 amide bonds. The minimum Gasteiger partial charge on any atom is -0.494 e. The molecule has 0 radical (unpaired) electrons. The van der Waals surface area contributed by atoms with E-state index in [9.17, 15) is 9.90 Å². The molecule has 2 aromatic heterocycles. The van der Waals surface area contributed by atoms with Crippen LogP contribution in [0.3, 0.4) is 0 Å². The molecule has 28 heavy (non-hydrogen) atoms. The van der Waals surface area contributed by atoms with Gasteiger partial charge in [0.2, 0.25) is 5.91 Å². The van der Waals surface area contributed by atoms with Gasteiger partial charge < -0.3 is 20.1 Å². The molecule has 6 heteroatoms. The zero-order valence-electron chi connectivity index (χ0n) is 16.1. The number of pyridine rings is 1. The van der Waals surface area contributed by atoms with Crippen LogP contribution in [-0.4, -0.2) is 40.7 Å². The summed E-state index contributed by atoms with van der Waals surface area (Å²) >= 11 is 0. The van der Waals surface area contributed by atoms with Crippen LogP contribution < -0.4 is 10.1 Å². The molecular formula is C22H27N3O3. The van der Waals surface area contributed by atoms with Crippen LogP contribution in [0, 0.1) is 5.92 Å². The first-order valence-corrected chi connectivity index (χ1v) is 9.69. The summed E-state index contributed by atoms with van der Waals surface area (Å²) in [5.41, 5.74) is 3.02. The second-order valence-corrected chi connectivity index (χ2v) is 6.96. The number of ether oxygens (including phenoxy) is 1. The van der Waals surface area contributed by atoms with Gasteiger partial charge in [-0.2, -0.15) is 0 Å². The number of benzene rings is 1. The number of carbonyl (C=O) groups is 1. The Bertz CT molecular complexity index is 892. The number of fused-ring (bicyclic) bond motifs is 1. The van der Waals surface area contributed by atoms with Crippen LogP contribution in [0.15, 0.2) is 48.9 Å². The molecule has 3 aromatic rings. The maximum Gasteiger partial charge on any atom is 0.224 e. The molecule has 0 aliphatic rings. The Morgan fingerprint density at radius 3 is 2.86 bits per heavy atom. The van der Waals surface area contributed by atoms with E-state index in [1.54, 1.807) is 12.4 Å². The molecule has 1 aromatic carbocycles.